The number of benzene rings is 11. The lowest BCUT2D eigenvalue weighted by Gasteiger charge is -2.45. The van der Waals surface area contributed by atoms with Crippen LogP contribution in [0.1, 0.15) is 63.8 Å². The van der Waals surface area contributed by atoms with Crippen LogP contribution in [0.2, 0.25) is 6.55 Å². The molecule has 426 valence electrons. The first-order chi connectivity index (χ1) is 42.5. The molecule has 8 heteroatoms. The molecule has 0 saturated carbocycles. The standard InChI is InChI=1S/C80H67BN4OSSi/c1-51-21-18-25-60(45-51)88(10,61-26-19-22-52(2)46-61)62-49-71-75-72(50-62)85(69-31-20-29-65-64-28-15-17-32-73(64)86-77(65)69)70-48-59(83(57-38-33-54(34-39-57)79(3,4)5)68-30-16-14-27-63(68)53-23-12-11-13-24-53)42-43-67(70)81(75)78-76(84(71)58-40-36-56(82-9)37-41-58)66-47-55(80(6,7)8)35-44-74(66)87-78/h11-50H,1-8,10H3. The SMILES string of the molecule is [C-]#[N+]c1ccc(N2c3cc([Si](C)(c4cccc(C)c4)c4cccc(C)c4)cc4c3B(c3ccc(N(c5ccc(C(C)(C)C)cc5)c5ccccc5-c5ccccc5)cc3N4c3cccc4c3oc3ccccc34)c3sc4ccc(C(C)(C)C)cc4c32)cc1. The Balaban J connectivity index is 1.10. The molecule has 11 aromatic carbocycles. The number of thiophene rings is 1. The highest BCUT2D eigenvalue weighted by Gasteiger charge is 2.48. The molecule has 0 aliphatic carbocycles. The lowest BCUT2D eigenvalue weighted by molar-refractivity contribution is 0.590. The maximum absolute atomic E-state index is 8.12. The van der Waals surface area contributed by atoms with Crippen molar-refractivity contribution in [2.24, 2.45) is 0 Å². The highest BCUT2D eigenvalue weighted by atomic mass is 32.1. The number of nitrogens with zero attached hydrogens (tertiary/aromatic N) is 4. The number of hydrogen-bond acceptors (Lipinski definition) is 5. The Morgan fingerprint density at radius 3 is 1.83 bits per heavy atom. The average Bonchev–Trinajstić information content (AvgIpc) is 1.20. The number of anilines is 9. The molecule has 0 amide bonds. The molecule has 15 rings (SSSR count). The number of furan rings is 1. The minimum atomic E-state index is -2.95. The Morgan fingerprint density at radius 1 is 0.511 bits per heavy atom. The summed E-state index contributed by atoms with van der Waals surface area (Å²) < 4.78 is 9.74. The first-order valence-corrected chi connectivity index (χ1v) is 33.9. The zero-order valence-electron chi connectivity index (χ0n) is 51.3. The number of aryl methyl sites for hydroxylation is 2. The topological polar surface area (TPSA) is 27.2 Å². The summed E-state index contributed by atoms with van der Waals surface area (Å²) in [6.45, 7) is 28.8. The van der Waals surface area contributed by atoms with Crippen LogP contribution in [0.15, 0.2) is 247 Å². The van der Waals surface area contributed by atoms with Gasteiger partial charge in [-0.05, 0) is 147 Å². The third-order valence-electron chi connectivity index (χ3n) is 18.6. The third kappa shape index (κ3) is 8.93. The monoisotopic (exact) mass is 1170 g/mol. The van der Waals surface area contributed by atoms with Crippen molar-refractivity contribution in [3.05, 3.63) is 276 Å². The summed E-state index contributed by atoms with van der Waals surface area (Å²) >= 11 is 1.91. The second kappa shape index (κ2) is 20.8. The Morgan fingerprint density at radius 2 is 1.14 bits per heavy atom. The molecule has 88 heavy (non-hydrogen) atoms. The van der Waals surface area contributed by atoms with Crippen LogP contribution in [0.3, 0.4) is 0 Å². The third-order valence-corrected chi connectivity index (χ3v) is 24.2. The normalized spacial score (nSPS) is 13.0. The summed E-state index contributed by atoms with van der Waals surface area (Å²) in [5.74, 6) is 0. The first-order valence-electron chi connectivity index (χ1n) is 30.6. The van der Waals surface area contributed by atoms with Gasteiger partial charge in [0.2, 0.25) is 0 Å². The summed E-state index contributed by atoms with van der Waals surface area (Å²) in [4.78, 5) is 11.5. The molecule has 0 spiro atoms. The molecule has 0 bridgehead atoms. The maximum Gasteiger partial charge on any atom is 0.264 e. The predicted octanol–water partition coefficient (Wildman–Crippen LogP) is 18.9. The van der Waals surface area contributed by atoms with Crippen LogP contribution in [-0.4, -0.2) is 14.8 Å². The fourth-order valence-electron chi connectivity index (χ4n) is 14.0. The second-order valence-electron chi connectivity index (χ2n) is 26.3. The molecular formula is C80H67BN4OSSi. The minimum Gasteiger partial charge on any atom is -0.454 e. The van der Waals surface area contributed by atoms with Crippen LogP contribution in [0.25, 0.3) is 48.0 Å². The zero-order valence-corrected chi connectivity index (χ0v) is 53.1. The molecule has 0 atom stereocenters. The van der Waals surface area contributed by atoms with Crippen LogP contribution in [0.4, 0.5) is 56.9 Å². The van der Waals surface area contributed by atoms with E-state index in [9.17, 15) is 0 Å². The van der Waals surface area contributed by atoms with Crippen LogP contribution in [-0.2, 0) is 10.8 Å². The van der Waals surface area contributed by atoms with E-state index in [2.05, 4.69) is 312 Å². The highest BCUT2D eigenvalue weighted by Crippen LogP contribution is 2.52. The number of fused-ring (bicyclic) bond motifs is 9. The lowest BCUT2D eigenvalue weighted by Crippen LogP contribution is -2.66. The molecule has 0 N–H and O–H groups in total. The van der Waals surface area contributed by atoms with E-state index in [1.165, 1.54) is 69.3 Å². The van der Waals surface area contributed by atoms with Gasteiger partial charge in [0, 0.05) is 65.3 Å². The van der Waals surface area contributed by atoms with E-state index in [0.29, 0.717) is 5.69 Å². The van der Waals surface area contributed by atoms with Gasteiger partial charge in [-0.1, -0.05) is 223 Å². The van der Waals surface area contributed by atoms with Crippen LogP contribution in [0.5, 0.6) is 0 Å². The Hall–Kier alpha value is -9.65. The predicted molar refractivity (Wildman–Crippen MR) is 380 cm³/mol. The van der Waals surface area contributed by atoms with Crippen molar-refractivity contribution >= 4 is 146 Å². The highest BCUT2D eigenvalue weighted by molar-refractivity contribution is 7.33. The Kier molecular flexibility index (Phi) is 13.0. The molecule has 4 heterocycles. The number of rotatable bonds is 9. The van der Waals surface area contributed by atoms with Crippen molar-refractivity contribution in [3.63, 3.8) is 0 Å². The Labute approximate surface area is 522 Å². The van der Waals surface area contributed by atoms with E-state index in [0.717, 1.165) is 78.6 Å². The number of hydrogen-bond donors (Lipinski definition) is 0. The molecule has 13 aromatic rings. The van der Waals surface area contributed by atoms with Crippen LogP contribution >= 0.6 is 11.3 Å². The van der Waals surface area contributed by atoms with E-state index >= 15 is 0 Å². The molecule has 2 aliphatic rings. The summed E-state index contributed by atoms with van der Waals surface area (Å²) in [6.07, 6.45) is 0. The van der Waals surface area contributed by atoms with Gasteiger partial charge in [-0.3, -0.25) is 0 Å². The smallest absolute Gasteiger partial charge is 0.264 e. The van der Waals surface area contributed by atoms with Crippen molar-refractivity contribution in [2.75, 3.05) is 14.7 Å². The van der Waals surface area contributed by atoms with Crippen molar-refractivity contribution in [1.82, 2.24) is 0 Å². The van der Waals surface area contributed by atoms with E-state index in [-0.39, 0.29) is 17.5 Å². The number of para-hydroxylation sites is 3. The van der Waals surface area contributed by atoms with Crippen LogP contribution in [0, 0.1) is 20.4 Å². The lowest BCUT2D eigenvalue weighted by atomic mass is 9.36. The van der Waals surface area contributed by atoms with Gasteiger partial charge in [-0.15, -0.1) is 11.3 Å². The minimum absolute atomic E-state index is 0.0332. The van der Waals surface area contributed by atoms with Gasteiger partial charge in [0.1, 0.15) is 13.7 Å². The van der Waals surface area contributed by atoms with Crippen LogP contribution < -0.4 is 46.0 Å². The first kappa shape index (κ1) is 55.0. The molecule has 2 aromatic heterocycles. The summed E-state index contributed by atoms with van der Waals surface area (Å²) in [6, 6.07) is 90.5. The van der Waals surface area contributed by atoms with Crippen molar-refractivity contribution in [2.45, 2.75) is 72.8 Å². The molecule has 0 saturated heterocycles. The quantitative estimate of drug-likeness (QED) is 0.0818. The molecule has 0 radical (unpaired) electrons. The summed E-state index contributed by atoms with van der Waals surface area (Å²) in [7, 11) is -2.95. The molecular weight excluding hydrogens is 1100 g/mol. The van der Waals surface area contributed by atoms with Gasteiger partial charge >= 0.3 is 0 Å². The largest absolute Gasteiger partial charge is 0.454 e. The fraction of sp³-hybridized carbons (Fsp3) is 0.138. The molecule has 2 aliphatic heterocycles. The zero-order chi connectivity index (χ0) is 60.4. The van der Waals surface area contributed by atoms with Crippen molar-refractivity contribution in [1.29, 1.82) is 0 Å². The second-order valence-corrected chi connectivity index (χ2v) is 31.4. The summed E-state index contributed by atoms with van der Waals surface area (Å²) in [5.41, 5.74) is 21.6. The maximum atomic E-state index is 8.12. The fourth-order valence-corrected chi connectivity index (χ4v) is 19.0. The molecule has 0 fully saturated rings. The van der Waals surface area contributed by atoms with Gasteiger partial charge in [-0.2, -0.15) is 0 Å². The molecule has 5 nitrogen and oxygen atoms in total. The van der Waals surface area contributed by atoms with Gasteiger partial charge in [0.05, 0.1) is 23.6 Å². The van der Waals surface area contributed by atoms with E-state index in [1.807, 2.05) is 23.5 Å². The van der Waals surface area contributed by atoms with Gasteiger partial charge in [-0.25, -0.2) is 4.85 Å². The van der Waals surface area contributed by atoms with Gasteiger partial charge in [0.15, 0.2) is 11.3 Å². The van der Waals surface area contributed by atoms with Crippen molar-refractivity contribution < 1.29 is 4.42 Å². The molecule has 0 unspecified atom stereocenters. The van der Waals surface area contributed by atoms with Crippen molar-refractivity contribution in [3.8, 4) is 11.1 Å². The van der Waals surface area contributed by atoms with Gasteiger partial charge in [0.25, 0.3) is 6.71 Å². The van der Waals surface area contributed by atoms with E-state index in [1.54, 1.807) is 0 Å². The Bertz CT molecular complexity index is 4920. The van der Waals surface area contributed by atoms with E-state index in [4.69, 9.17) is 11.0 Å². The van der Waals surface area contributed by atoms with Gasteiger partial charge < -0.3 is 19.1 Å². The summed E-state index contributed by atoms with van der Waals surface area (Å²) in [5, 5.41) is 7.35. The van der Waals surface area contributed by atoms with E-state index < -0.39 is 8.07 Å². The average molecular weight is 1170 g/mol.